The number of rotatable bonds is 9. The zero-order valence-corrected chi connectivity index (χ0v) is 14.5. The lowest BCUT2D eigenvalue weighted by molar-refractivity contribution is -0.161. The number of hydrogen-bond donors (Lipinski definition) is 1. The standard InChI is InChI=1S/C19H25NO4/c1-14-16(20-17(24-14)15-10-6-4-7-11-15)12-8-5-9-13-23-19(2,3)18(21)22/h4,6-7,10-11H,5,8-9,12-13H2,1-3H3,(H,21,22). The number of ether oxygens (including phenoxy) is 1. The second-order valence-corrected chi connectivity index (χ2v) is 6.36. The Morgan fingerprint density at radius 3 is 2.58 bits per heavy atom. The molecule has 0 amide bonds. The fourth-order valence-electron chi connectivity index (χ4n) is 2.32. The summed E-state index contributed by atoms with van der Waals surface area (Å²) in [5.74, 6) is 0.584. The van der Waals surface area contributed by atoms with Crippen molar-refractivity contribution in [2.24, 2.45) is 0 Å². The molecular formula is C19H25NO4. The summed E-state index contributed by atoms with van der Waals surface area (Å²) < 4.78 is 11.1. The smallest absolute Gasteiger partial charge is 0.335 e. The number of carboxylic acids is 1. The van der Waals surface area contributed by atoms with Crippen molar-refractivity contribution in [2.45, 2.75) is 52.1 Å². The summed E-state index contributed by atoms with van der Waals surface area (Å²) in [5, 5.41) is 8.98. The predicted octanol–water partition coefficient (Wildman–Crippen LogP) is 4.24. The third-order valence-electron chi connectivity index (χ3n) is 3.95. The van der Waals surface area contributed by atoms with Crippen LogP contribution in [0.25, 0.3) is 11.5 Å². The molecule has 5 nitrogen and oxygen atoms in total. The van der Waals surface area contributed by atoms with E-state index in [1.165, 1.54) is 0 Å². The molecular weight excluding hydrogens is 306 g/mol. The van der Waals surface area contributed by atoms with E-state index in [1.54, 1.807) is 13.8 Å². The van der Waals surface area contributed by atoms with Crippen molar-refractivity contribution >= 4 is 5.97 Å². The molecule has 5 heteroatoms. The van der Waals surface area contributed by atoms with Gasteiger partial charge in [-0.3, -0.25) is 0 Å². The molecule has 1 aromatic carbocycles. The van der Waals surface area contributed by atoms with E-state index in [9.17, 15) is 4.79 Å². The third-order valence-corrected chi connectivity index (χ3v) is 3.95. The van der Waals surface area contributed by atoms with Crippen LogP contribution in [-0.4, -0.2) is 28.3 Å². The van der Waals surface area contributed by atoms with Crippen LogP contribution in [0.3, 0.4) is 0 Å². The molecule has 0 aliphatic rings. The average Bonchev–Trinajstić information content (AvgIpc) is 2.92. The highest BCUT2D eigenvalue weighted by molar-refractivity contribution is 5.76. The summed E-state index contributed by atoms with van der Waals surface area (Å²) in [6.07, 6.45) is 3.62. The topological polar surface area (TPSA) is 72.6 Å². The highest BCUT2D eigenvalue weighted by atomic mass is 16.5. The fraction of sp³-hybridized carbons (Fsp3) is 0.474. The molecule has 0 aliphatic heterocycles. The first-order valence-corrected chi connectivity index (χ1v) is 8.29. The van der Waals surface area contributed by atoms with E-state index in [-0.39, 0.29) is 0 Å². The van der Waals surface area contributed by atoms with Crippen LogP contribution in [0.1, 0.15) is 44.6 Å². The molecule has 24 heavy (non-hydrogen) atoms. The van der Waals surface area contributed by atoms with E-state index in [4.69, 9.17) is 14.3 Å². The van der Waals surface area contributed by atoms with Crippen LogP contribution < -0.4 is 0 Å². The maximum Gasteiger partial charge on any atom is 0.335 e. The van der Waals surface area contributed by atoms with Gasteiger partial charge >= 0.3 is 5.97 Å². The number of nitrogens with zero attached hydrogens (tertiary/aromatic N) is 1. The number of benzene rings is 1. The minimum absolute atomic E-state index is 0.451. The Balaban J connectivity index is 1.75. The molecule has 0 atom stereocenters. The summed E-state index contributed by atoms with van der Waals surface area (Å²) in [6.45, 7) is 5.53. The van der Waals surface area contributed by atoms with Crippen molar-refractivity contribution in [3.63, 3.8) is 0 Å². The molecule has 0 saturated carbocycles. The van der Waals surface area contributed by atoms with E-state index >= 15 is 0 Å². The van der Waals surface area contributed by atoms with Crippen molar-refractivity contribution in [3.05, 3.63) is 41.8 Å². The van der Waals surface area contributed by atoms with Gasteiger partial charge in [0.25, 0.3) is 0 Å². The van der Waals surface area contributed by atoms with Crippen molar-refractivity contribution in [2.75, 3.05) is 6.61 Å². The summed E-state index contributed by atoms with van der Waals surface area (Å²) in [4.78, 5) is 15.5. The van der Waals surface area contributed by atoms with Gasteiger partial charge < -0.3 is 14.3 Å². The first-order chi connectivity index (χ1) is 11.4. The number of hydrogen-bond acceptors (Lipinski definition) is 4. The molecule has 130 valence electrons. The molecule has 0 saturated heterocycles. The van der Waals surface area contributed by atoms with Gasteiger partial charge in [-0.2, -0.15) is 0 Å². The van der Waals surface area contributed by atoms with Crippen LogP contribution in [-0.2, 0) is 16.0 Å². The van der Waals surface area contributed by atoms with Gasteiger partial charge in [0.2, 0.25) is 5.89 Å². The first kappa shape index (κ1) is 18.2. The summed E-state index contributed by atoms with van der Waals surface area (Å²) in [6, 6.07) is 9.86. The third kappa shape index (κ3) is 4.93. The minimum Gasteiger partial charge on any atom is -0.479 e. The van der Waals surface area contributed by atoms with Gasteiger partial charge in [-0.25, -0.2) is 9.78 Å². The van der Waals surface area contributed by atoms with Crippen LogP contribution in [0.4, 0.5) is 0 Å². The second kappa shape index (κ2) is 8.11. The summed E-state index contributed by atoms with van der Waals surface area (Å²) in [5.41, 5.74) is 0.851. The quantitative estimate of drug-likeness (QED) is 0.696. The van der Waals surface area contributed by atoms with Crippen LogP contribution in [0.15, 0.2) is 34.7 Å². The van der Waals surface area contributed by atoms with E-state index < -0.39 is 11.6 Å². The van der Waals surface area contributed by atoms with Gasteiger partial charge in [-0.15, -0.1) is 0 Å². The molecule has 0 unspecified atom stereocenters. The molecule has 2 aromatic rings. The van der Waals surface area contributed by atoms with Gasteiger partial charge in [0, 0.05) is 12.2 Å². The number of unbranched alkanes of at least 4 members (excludes halogenated alkanes) is 2. The predicted molar refractivity (Wildman–Crippen MR) is 91.9 cm³/mol. The van der Waals surface area contributed by atoms with Gasteiger partial charge in [0.15, 0.2) is 5.60 Å². The van der Waals surface area contributed by atoms with Gasteiger partial charge in [-0.1, -0.05) is 24.6 Å². The Bertz CT molecular complexity index is 661. The van der Waals surface area contributed by atoms with Crippen molar-refractivity contribution in [1.29, 1.82) is 0 Å². The highest BCUT2D eigenvalue weighted by Gasteiger charge is 2.27. The monoisotopic (exact) mass is 331 g/mol. The second-order valence-electron chi connectivity index (χ2n) is 6.36. The highest BCUT2D eigenvalue weighted by Crippen LogP contribution is 2.22. The number of aromatic nitrogens is 1. The molecule has 1 N–H and O–H groups in total. The molecule has 1 heterocycles. The molecule has 0 fully saturated rings. The van der Waals surface area contributed by atoms with E-state index in [2.05, 4.69) is 4.98 Å². The Morgan fingerprint density at radius 1 is 1.21 bits per heavy atom. The first-order valence-electron chi connectivity index (χ1n) is 8.29. The normalized spacial score (nSPS) is 11.6. The maximum absolute atomic E-state index is 10.9. The van der Waals surface area contributed by atoms with Crippen LogP contribution in [0, 0.1) is 6.92 Å². The zero-order chi connectivity index (χ0) is 17.6. The van der Waals surface area contributed by atoms with Crippen molar-refractivity contribution < 1.29 is 19.1 Å². The molecule has 0 bridgehead atoms. The Morgan fingerprint density at radius 2 is 1.92 bits per heavy atom. The lowest BCUT2D eigenvalue weighted by atomic mass is 10.1. The van der Waals surface area contributed by atoms with Crippen molar-refractivity contribution in [3.8, 4) is 11.5 Å². The fourth-order valence-corrected chi connectivity index (χ4v) is 2.32. The molecule has 1 aromatic heterocycles. The largest absolute Gasteiger partial charge is 0.479 e. The number of aliphatic carboxylic acids is 1. The van der Waals surface area contributed by atoms with Crippen LogP contribution in [0.5, 0.6) is 0 Å². The summed E-state index contributed by atoms with van der Waals surface area (Å²) in [7, 11) is 0. The van der Waals surface area contributed by atoms with Gasteiger partial charge in [0.05, 0.1) is 5.69 Å². The number of oxazole rings is 1. The minimum atomic E-state index is -1.12. The summed E-state index contributed by atoms with van der Waals surface area (Å²) >= 11 is 0. The van der Waals surface area contributed by atoms with Crippen molar-refractivity contribution in [1.82, 2.24) is 4.98 Å². The Labute approximate surface area is 142 Å². The number of carbonyl (C=O) groups is 1. The van der Waals surface area contributed by atoms with Crippen LogP contribution in [0.2, 0.25) is 0 Å². The van der Waals surface area contributed by atoms with Crippen LogP contribution >= 0.6 is 0 Å². The molecule has 0 radical (unpaired) electrons. The van der Waals surface area contributed by atoms with Gasteiger partial charge in [-0.05, 0) is 52.2 Å². The lowest BCUT2D eigenvalue weighted by Gasteiger charge is -2.19. The Kier molecular flexibility index (Phi) is 6.15. The molecule has 0 aliphatic carbocycles. The average molecular weight is 331 g/mol. The van der Waals surface area contributed by atoms with Gasteiger partial charge in [0.1, 0.15) is 5.76 Å². The number of carboxylic acid groups (broad SMARTS) is 1. The van der Waals surface area contributed by atoms with E-state index in [0.29, 0.717) is 12.5 Å². The molecule has 0 spiro atoms. The maximum atomic E-state index is 10.9. The zero-order valence-electron chi connectivity index (χ0n) is 14.5. The van der Waals surface area contributed by atoms with E-state index in [1.807, 2.05) is 37.3 Å². The molecule has 2 rings (SSSR count). The number of aryl methyl sites for hydroxylation is 2. The Hall–Kier alpha value is -2.14. The lowest BCUT2D eigenvalue weighted by Crippen LogP contribution is -2.35. The SMILES string of the molecule is Cc1oc(-c2ccccc2)nc1CCCCCOC(C)(C)C(=O)O. The van der Waals surface area contributed by atoms with E-state index in [0.717, 1.165) is 42.7 Å².